The van der Waals surface area contributed by atoms with E-state index in [1.165, 1.54) is 38.0 Å². The number of benzene rings is 1. The van der Waals surface area contributed by atoms with Crippen LogP contribution < -0.4 is 15.5 Å². The van der Waals surface area contributed by atoms with Crippen LogP contribution in [0.25, 0.3) is 5.69 Å². The quantitative estimate of drug-likeness (QED) is 0.584. The first-order chi connectivity index (χ1) is 15.7. The fraction of sp³-hybridized carbons (Fsp3) is 0.304. The monoisotopic (exact) mass is 458 g/mol. The SMILES string of the molecule is Cc1cc(=O)c(C(=O)NCc2ccc(OCC3CC3)nc2)nn1-c1ccccc1C(F)(F)F. The van der Waals surface area contributed by atoms with E-state index in [1.54, 1.807) is 18.3 Å². The number of alkyl halides is 3. The second-order valence-corrected chi connectivity index (χ2v) is 7.87. The fourth-order valence-corrected chi connectivity index (χ4v) is 3.20. The Morgan fingerprint density at radius 2 is 1.97 bits per heavy atom. The van der Waals surface area contributed by atoms with Gasteiger partial charge >= 0.3 is 6.18 Å². The lowest BCUT2D eigenvalue weighted by Crippen LogP contribution is -2.32. The summed E-state index contributed by atoms with van der Waals surface area (Å²) in [5.41, 5.74) is -1.56. The molecule has 1 saturated carbocycles. The van der Waals surface area contributed by atoms with Gasteiger partial charge < -0.3 is 10.1 Å². The minimum atomic E-state index is -4.63. The van der Waals surface area contributed by atoms with E-state index in [9.17, 15) is 22.8 Å². The summed E-state index contributed by atoms with van der Waals surface area (Å²) in [6.45, 7) is 2.14. The Kier molecular flexibility index (Phi) is 6.17. The number of pyridine rings is 1. The van der Waals surface area contributed by atoms with Crippen molar-refractivity contribution in [3.8, 4) is 11.6 Å². The Labute approximate surface area is 187 Å². The summed E-state index contributed by atoms with van der Waals surface area (Å²) in [4.78, 5) is 29.1. The number of carbonyl (C=O) groups excluding carboxylic acids is 1. The van der Waals surface area contributed by atoms with Crippen molar-refractivity contribution in [1.29, 1.82) is 0 Å². The summed E-state index contributed by atoms with van der Waals surface area (Å²) in [5.74, 6) is 0.288. The predicted octanol–water partition coefficient (Wildman–Crippen LogP) is 3.67. The molecule has 0 saturated heterocycles. The van der Waals surface area contributed by atoms with E-state index in [0.29, 0.717) is 24.0 Å². The maximum absolute atomic E-state index is 13.4. The molecule has 1 amide bonds. The molecular weight excluding hydrogens is 437 g/mol. The first kappa shape index (κ1) is 22.5. The number of halogens is 3. The maximum atomic E-state index is 13.4. The zero-order valence-corrected chi connectivity index (χ0v) is 17.7. The Morgan fingerprint density at radius 1 is 1.21 bits per heavy atom. The third-order valence-corrected chi connectivity index (χ3v) is 5.17. The number of carbonyl (C=O) groups is 1. The number of aryl methyl sites for hydroxylation is 1. The van der Waals surface area contributed by atoms with E-state index < -0.39 is 28.8 Å². The van der Waals surface area contributed by atoms with Crippen LogP contribution in [-0.4, -0.2) is 27.3 Å². The highest BCUT2D eigenvalue weighted by molar-refractivity contribution is 5.92. The zero-order chi connectivity index (χ0) is 23.6. The zero-order valence-electron chi connectivity index (χ0n) is 17.7. The molecule has 0 radical (unpaired) electrons. The predicted molar refractivity (Wildman–Crippen MR) is 113 cm³/mol. The summed E-state index contributed by atoms with van der Waals surface area (Å²) < 4.78 is 46.8. The van der Waals surface area contributed by atoms with Gasteiger partial charge in [-0.3, -0.25) is 9.59 Å². The minimum absolute atomic E-state index is 0.0584. The van der Waals surface area contributed by atoms with Gasteiger partial charge in [0.1, 0.15) is 0 Å². The molecule has 2 aromatic heterocycles. The lowest BCUT2D eigenvalue weighted by molar-refractivity contribution is -0.137. The number of ether oxygens (including phenoxy) is 1. The molecule has 3 aromatic rings. The summed E-state index contributed by atoms with van der Waals surface area (Å²) >= 11 is 0. The van der Waals surface area contributed by atoms with Gasteiger partial charge in [-0.15, -0.1) is 0 Å². The van der Waals surface area contributed by atoms with Crippen LogP contribution in [0.15, 0.2) is 53.5 Å². The van der Waals surface area contributed by atoms with Crippen molar-refractivity contribution in [2.75, 3.05) is 6.61 Å². The second-order valence-electron chi connectivity index (χ2n) is 7.87. The van der Waals surface area contributed by atoms with Crippen molar-refractivity contribution in [3.63, 3.8) is 0 Å². The molecule has 1 aliphatic carbocycles. The molecule has 0 aliphatic heterocycles. The van der Waals surface area contributed by atoms with Crippen LogP contribution in [0.5, 0.6) is 5.88 Å². The van der Waals surface area contributed by atoms with Gasteiger partial charge in [0.05, 0.1) is 17.9 Å². The van der Waals surface area contributed by atoms with Gasteiger partial charge in [-0.1, -0.05) is 18.2 Å². The van der Waals surface area contributed by atoms with Crippen LogP contribution in [0.3, 0.4) is 0 Å². The third-order valence-electron chi connectivity index (χ3n) is 5.17. The Morgan fingerprint density at radius 3 is 2.64 bits per heavy atom. The molecule has 1 aliphatic rings. The van der Waals surface area contributed by atoms with Gasteiger partial charge in [0.15, 0.2) is 5.69 Å². The first-order valence-corrected chi connectivity index (χ1v) is 10.4. The van der Waals surface area contributed by atoms with Crippen molar-refractivity contribution in [3.05, 3.63) is 81.4 Å². The molecule has 0 spiro atoms. The van der Waals surface area contributed by atoms with Crippen LogP contribution >= 0.6 is 0 Å². The minimum Gasteiger partial charge on any atom is -0.477 e. The Bertz CT molecular complexity index is 1220. The lowest BCUT2D eigenvalue weighted by Gasteiger charge is -2.16. The molecule has 1 N–H and O–H groups in total. The van der Waals surface area contributed by atoms with Crippen molar-refractivity contribution in [1.82, 2.24) is 20.1 Å². The summed E-state index contributed by atoms with van der Waals surface area (Å²) in [6, 6.07) is 9.34. The smallest absolute Gasteiger partial charge is 0.418 e. The fourth-order valence-electron chi connectivity index (χ4n) is 3.20. The van der Waals surface area contributed by atoms with Crippen molar-refractivity contribution in [2.45, 2.75) is 32.5 Å². The van der Waals surface area contributed by atoms with Crippen molar-refractivity contribution >= 4 is 5.91 Å². The van der Waals surface area contributed by atoms with Crippen LogP contribution in [-0.2, 0) is 12.7 Å². The van der Waals surface area contributed by atoms with Gasteiger partial charge in [0.2, 0.25) is 11.3 Å². The van der Waals surface area contributed by atoms with Gasteiger partial charge in [0.25, 0.3) is 5.91 Å². The first-order valence-electron chi connectivity index (χ1n) is 10.4. The molecular formula is C23H21F3N4O3. The summed E-state index contributed by atoms with van der Waals surface area (Å²) in [5, 5.41) is 6.51. The van der Waals surface area contributed by atoms with Gasteiger partial charge in [-0.25, -0.2) is 9.67 Å². The number of hydrogen-bond acceptors (Lipinski definition) is 5. The standard InChI is InChI=1S/C23H21F3N4O3/c1-14-10-19(31)21(29-30(14)18-5-3-2-4-17(18)23(24,25)26)22(32)28-12-16-8-9-20(27-11-16)33-13-15-6-7-15/h2-5,8-11,15H,6-7,12-13H2,1H3,(H,28,32). The second kappa shape index (κ2) is 9.05. The molecule has 10 heteroatoms. The molecule has 0 atom stereocenters. The van der Waals surface area contributed by atoms with Crippen molar-refractivity contribution in [2.24, 2.45) is 5.92 Å². The highest BCUT2D eigenvalue weighted by Gasteiger charge is 2.34. The van der Waals surface area contributed by atoms with Crippen LogP contribution in [0.2, 0.25) is 0 Å². The number of aromatic nitrogens is 3. The normalized spacial score (nSPS) is 13.6. The molecule has 2 heterocycles. The van der Waals surface area contributed by atoms with Gasteiger partial charge in [-0.2, -0.15) is 18.3 Å². The molecule has 7 nitrogen and oxygen atoms in total. The lowest BCUT2D eigenvalue weighted by atomic mass is 10.1. The van der Waals surface area contributed by atoms with Crippen LogP contribution in [0.4, 0.5) is 13.2 Å². The van der Waals surface area contributed by atoms with Crippen molar-refractivity contribution < 1.29 is 22.7 Å². The number of rotatable bonds is 7. The van der Waals surface area contributed by atoms with E-state index in [1.807, 2.05) is 0 Å². The van der Waals surface area contributed by atoms with E-state index in [2.05, 4.69) is 15.4 Å². The topological polar surface area (TPSA) is 86.1 Å². The molecule has 1 fully saturated rings. The highest BCUT2D eigenvalue weighted by atomic mass is 19.4. The molecule has 0 unspecified atom stereocenters. The number of nitrogens with one attached hydrogen (secondary N) is 1. The largest absolute Gasteiger partial charge is 0.477 e. The van der Waals surface area contributed by atoms with E-state index in [0.717, 1.165) is 16.8 Å². The Hall–Kier alpha value is -3.69. The molecule has 1 aromatic carbocycles. The third kappa shape index (κ3) is 5.39. The number of para-hydroxylation sites is 1. The molecule has 0 bridgehead atoms. The molecule has 33 heavy (non-hydrogen) atoms. The molecule has 172 valence electrons. The van der Waals surface area contributed by atoms with Gasteiger partial charge in [0, 0.05) is 30.6 Å². The summed E-state index contributed by atoms with van der Waals surface area (Å²) in [7, 11) is 0. The average molecular weight is 458 g/mol. The number of nitrogens with zero attached hydrogens (tertiary/aromatic N) is 3. The molecule has 4 rings (SSSR count). The van der Waals surface area contributed by atoms with Crippen LogP contribution in [0, 0.1) is 12.8 Å². The number of hydrogen-bond donors (Lipinski definition) is 1. The van der Waals surface area contributed by atoms with E-state index >= 15 is 0 Å². The van der Waals surface area contributed by atoms with Crippen LogP contribution in [0.1, 0.15) is 40.2 Å². The maximum Gasteiger partial charge on any atom is 0.418 e. The average Bonchev–Trinajstić information content (AvgIpc) is 3.61. The summed E-state index contributed by atoms with van der Waals surface area (Å²) in [6.07, 6.45) is -0.748. The highest BCUT2D eigenvalue weighted by Crippen LogP contribution is 2.33. The van der Waals surface area contributed by atoms with Gasteiger partial charge in [-0.05, 0) is 43.4 Å². The number of amides is 1. The van der Waals surface area contributed by atoms with E-state index in [4.69, 9.17) is 4.74 Å². The Balaban J connectivity index is 1.51. The van der Waals surface area contributed by atoms with E-state index in [-0.39, 0.29) is 17.9 Å².